The summed E-state index contributed by atoms with van der Waals surface area (Å²) >= 11 is 0. The van der Waals surface area contributed by atoms with Gasteiger partial charge in [-0.05, 0) is 11.6 Å². The summed E-state index contributed by atoms with van der Waals surface area (Å²) in [6.07, 6.45) is 1.21. The second-order valence-electron chi connectivity index (χ2n) is 2.81. The van der Waals surface area contributed by atoms with Gasteiger partial charge in [-0.25, -0.2) is 9.59 Å². The number of carboxylic acid groups (broad SMARTS) is 1. The van der Waals surface area contributed by atoms with Crippen LogP contribution in [0.2, 0.25) is 0 Å². The molecule has 1 aromatic carbocycles. The van der Waals surface area contributed by atoms with Crippen LogP contribution >= 0.6 is 0 Å². The molecule has 0 unspecified atom stereocenters. The lowest BCUT2D eigenvalue weighted by Gasteiger charge is -2.00. The van der Waals surface area contributed by atoms with Crippen LogP contribution in [0.15, 0.2) is 35.9 Å². The molecule has 0 fully saturated rings. The Bertz CT molecular complexity index is 408. The van der Waals surface area contributed by atoms with Gasteiger partial charge in [0.2, 0.25) is 0 Å². The number of carboxylic acids is 1. The third kappa shape index (κ3) is 3.21. The van der Waals surface area contributed by atoms with Crippen LogP contribution in [0.4, 0.5) is 0 Å². The zero-order chi connectivity index (χ0) is 12.0. The van der Waals surface area contributed by atoms with Crippen LogP contribution in [0.5, 0.6) is 0 Å². The van der Waals surface area contributed by atoms with Gasteiger partial charge in [-0.3, -0.25) is 4.89 Å². The Labute approximate surface area is 91.8 Å². The van der Waals surface area contributed by atoms with Crippen molar-refractivity contribution in [3.63, 3.8) is 0 Å². The van der Waals surface area contributed by atoms with E-state index in [-0.39, 0.29) is 0 Å². The fourth-order valence-electron chi connectivity index (χ4n) is 1.04. The van der Waals surface area contributed by atoms with Crippen molar-refractivity contribution in [2.45, 2.75) is 0 Å². The molecule has 0 saturated carbocycles. The normalized spacial score (nSPS) is 10.9. The summed E-state index contributed by atoms with van der Waals surface area (Å²) in [7, 11) is 1.12. The minimum absolute atomic E-state index is 0.493. The number of hydrogen-bond acceptors (Lipinski definition) is 4. The predicted molar refractivity (Wildman–Crippen MR) is 55.2 cm³/mol. The zero-order valence-electron chi connectivity index (χ0n) is 8.54. The van der Waals surface area contributed by atoms with E-state index in [1.165, 1.54) is 6.08 Å². The van der Waals surface area contributed by atoms with E-state index in [1.54, 1.807) is 30.3 Å². The average Bonchev–Trinajstić information content (AvgIpc) is 2.27. The molecule has 0 aliphatic carbocycles. The smallest absolute Gasteiger partial charge is 0.380 e. The Kier molecular flexibility index (Phi) is 4.23. The first-order valence-electron chi connectivity index (χ1n) is 4.40. The Morgan fingerprint density at radius 2 is 1.88 bits per heavy atom. The number of benzene rings is 1. The molecule has 1 N–H and O–H groups in total. The average molecular weight is 222 g/mol. The van der Waals surface area contributed by atoms with Gasteiger partial charge < -0.3 is 5.11 Å². The van der Waals surface area contributed by atoms with Gasteiger partial charge in [-0.2, -0.15) is 4.89 Å². The van der Waals surface area contributed by atoms with Crippen molar-refractivity contribution >= 4 is 18.0 Å². The van der Waals surface area contributed by atoms with Gasteiger partial charge in [0.25, 0.3) is 0 Å². The Balaban J connectivity index is 2.99. The highest BCUT2D eigenvalue weighted by molar-refractivity contribution is 6.16. The molecule has 16 heavy (non-hydrogen) atoms. The molecule has 0 aromatic heterocycles. The molecule has 0 amide bonds. The van der Waals surface area contributed by atoms with Crippen LogP contribution in [0.1, 0.15) is 5.56 Å². The van der Waals surface area contributed by atoms with E-state index in [2.05, 4.69) is 9.78 Å². The monoisotopic (exact) mass is 222 g/mol. The molecule has 0 radical (unpaired) electrons. The third-order valence-corrected chi connectivity index (χ3v) is 1.72. The number of rotatable bonds is 4. The number of hydrogen-bond donors (Lipinski definition) is 1. The van der Waals surface area contributed by atoms with Crippen molar-refractivity contribution in [2.24, 2.45) is 0 Å². The topological polar surface area (TPSA) is 72.8 Å². The number of aliphatic carboxylic acids is 1. The molecule has 0 spiro atoms. The quantitative estimate of drug-likeness (QED) is 0.273. The van der Waals surface area contributed by atoms with E-state index in [9.17, 15) is 9.59 Å². The van der Waals surface area contributed by atoms with Gasteiger partial charge in [0.05, 0.1) is 7.11 Å². The number of carbonyl (C=O) groups is 2. The van der Waals surface area contributed by atoms with Crippen molar-refractivity contribution < 1.29 is 24.5 Å². The highest BCUT2D eigenvalue weighted by Gasteiger charge is 2.19. The summed E-state index contributed by atoms with van der Waals surface area (Å²) in [5.41, 5.74) is 0.0982. The van der Waals surface area contributed by atoms with E-state index < -0.39 is 17.5 Å². The Morgan fingerprint density at radius 1 is 1.25 bits per heavy atom. The summed E-state index contributed by atoms with van der Waals surface area (Å²) in [5, 5.41) is 8.81. The van der Waals surface area contributed by atoms with E-state index >= 15 is 0 Å². The second-order valence-corrected chi connectivity index (χ2v) is 2.81. The summed E-state index contributed by atoms with van der Waals surface area (Å²) < 4.78 is 0. The van der Waals surface area contributed by atoms with Crippen LogP contribution in [-0.2, 0) is 19.4 Å². The molecule has 84 valence electrons. The van der Waals surface area contributed by atoms with Crippen molar-refractivity contribution in [1.82, 2.24) is 0 Å². The molecular weight excluding hydrogens is 212 g/mol. The maximum atomic E-state index is 11.2. The van der Waals surface area contributed by atoms with E-state index in [0.29, 0.717) is 5.56 Å². The van der Waals surface area contributed by atoms with Crippen LogP contribution in [0.25, 0.3) is 6.08 Å². The SMILES string of the molecule is COOC(=O)C(=Cc1ccccc1)C(=O)O. The summed E-state index contributed by atoms with van der Waals surface area (Å²) in [6.45, 7) is 0. The van der Waals surface area contributed by atoms with E-state index in [4.69, 9.17) is 5.11 Å². The minimum Gasteiger partial charge on any atom is -0.477 e. The second kappa shape index (κ2) is 5.67. The highest BCUT2D eigenvalue weighted by Crippen LogP contribution is 2.08. The maximum absolute atomic E-state index is 11.2. The lowest BCUT2D eigenvalue weighted by Crippen LogP contribution is -2.14. The number of carbonyl (C=O) groups excluding carboxylic acids is 1. The van der Waals surface area contributed by atoms with E-state index in [1.807, 2.05) is 0 Å². The first kappa shape index (κ1) is 11.9. The van der Waals surface area contributed by atoms with Gasteiger partial charge in [-0.1, -0.05) is 30.3 Å². The molecule has 0 heterocycles. The molecule has 0 atom stereocenters. The van der Waals surface area contributed by atoms with Gasteiger partial charge in [0, 0.05) is 0 Å². The van der Waals surface area contributed by atoms with Crippen LogP contribution in [0, 0.1) is 0 Å². The molecule has 0 saturated heterocycles. The summed E-state index contributed by atoms with van der Waals surface area (Å²) in [5.74, 6) is -2.41. The largest absolute Gasteiger partial charge is 0.477 e. The molecular formula is C11H10O5. The van der Waals surface area contributed by atoms with Gasteiger partial charge in [0.15, 0.2) is 0 Å². The Morgan fingerprint density at radius 3 is 2.38 bits per heavy atom. The maximum Gasteiger partial charge on any atom is 0.380 e. The lowest BCUT2D eigenvalue weighted by atomic mass is 10.1. The van der Waals surface area contributed by atoms with Crippen molar-refractivity contribution in [3.8, 4) is 0 Å². The highest BCUT2D eigenvalue weighted by atomic mass is 17.2. The van der Waals surface area contributed by atoms with Crippen molar-refractivity contribution in [3.05, 3.63) is 41.5 Å². The fraction of sp³-hybridized carbons (Fsp3) is 0.0909. The Hall–Kier alpha value is -2.14. The van der Waals surface area contributed by atoms with Crippen LogP contribution in [-0.4, -0.2) is 24.2 Å². The molecule has 0 aliphatic rings. The standard InChI is InChI=1S/C11H10O5/c1-15-16-11(14)9(10(12)13)7-8-5-3-2-4-6-8/h2-7H,1H3,(H,12,13). The molecule has 0 bridgehead atoms. The van der Waals surface area contributed by atoms with E-state index in [0.717, 1.165) is 7.11 Å². The molecule has 5 heteroatoms. The lowest BCUT2D eigenvalue weighted by molar-refractivity contribution is -0.250. The minimum atomic E-state index is -1.37. The zero-order valence-corrected chi connectivity index (χ0v) is 8.54. The molecule has 1 rings (SSSR count). The van der Waals surface area contributed by atoms with Gasteiger partial charge in [-0.15, -0.1) is 0 Å². The first-order valence-corrected chi connectivity index (χ1v) is 4.40. The van der Waals surface area contributed by atoms with Gasteiger partial charge in [0.1, 0.15) is 5.57 Å². The summed E-state index contributed by atoms with van der Waals surface area (Å²) in [6, 6.07) is 8.58. The van der Waals surface area contributed by atoms with Crippen LogP contribution < -0.4 is 0 Å². The molecule has 1 aromatic rings. The van der Waals surface area contributed by atoms with Crippen molar-refractivity contribution in [2.75, 3.05) is 7.11 Å². The fourth-order valence-corrected chi connectivity index (χ4v) is 1.04. The molecule has 0 aliphatic heterocycles. The first-order chi connectivity index (χ1) is 7.65. The molecule has 5 nitrogen and oxygen atoms in total. The third-order valence-electron chi connectivity index (χ3n) is 1.72. The van der Waals surface area contributed by atoms with Crippen molar-refractivity contribution in [1.29, 1.82) is 0 Å². The van der Waals surface area contributed by atoms with Crippen LogP contribution in [0.3, 0.4) is 0 Å². The summed E-state index contributed by atoms with van der Waals surface area (Å²) in [4.78, 5) is 30.3. The van der Waals surface area contributed by atoms with Gasteiger partial charge >= 0.3 is 11.9 Å². The predicted octanol–water partition coefficient (Wildman–Crippen LogP) is 1.26.